The fourth-order valence-electron chi connectivity index (χ4n) is 7.49. The van der Waals surface area contributed by atoms with Gasteiger partial charge in [0.2, 0.25) is 11.9 Å². The zero-order chi connectivity index (χ0) is 47.6. The number of nitrogens with zero attached hydrogens (tertiary/aromatic N) is 7. The number of hydrogen-bond donors (Lipinski definition) is 3. The maximum absolute atomic E-state index is 9.10. The lowest BCUT2D eigenvalue weighted by atomic mass is 10.1. The van der Waals surface area contributed by atoms with Gasteiger partial charge in [-0.1, -0.05) is 89.2 Å². The number of H-pyrrole nitrogens is 1. The third-order valence-corrected chi connectivity index (χ3v) is 13.0. The predicted molar refractivity (Wildman–Crippen MR) is 279 cm³/mol. The minimum absolute atomic E-state index is 0.518. The fourth-order valence-corrected chi connectivity index (χ4v) is 9.56. The van der Waals surface area contributed by atoms with Crippen LogP contribution in [0.15, 0.2) is 147 Å². The normalized spacial score (nSPS) is 10.6. The lowest BCUT2D eigenvalue weighted by Crippen LogP contribution is -2.03. The van der Waals surface area contributed by atoms with E-state index in [-0.39, 0.29) is 0 Å². The zero-order valence-electron chi connectivity index (χ0n) is 37.5. The SMILES string of the molecule is Cc1cc(C)c(Sc2nc(Nc3ccc(C#N)cc3)nc3[nH]ccc23)c(C)c1.Cc1cc(C)c(Sc2nc(Nc3ccc(C#N)cc3)nc3c2ccn3Cc2ccccc2)c(C)c1.[Cl][Al]([Cl])[Cl]. The van der Waals surface area contributed by atoms with Gasteiger partial charge in [-0.25, -0.2) is 40.1 Å². The van der Waals surface area contributed by atoms with Crippen LogP contribution < -0.4 is 10.6 Å². The summed E-state index contributed by atoms with van der Waals surface area (Å²) >= 11 is 1.62. The lowest BCUT2D eigenvalue weighted by Gasteiger charge is -2.13. The standard InChI is InChI=1S/C29H25N5S.C22H19N5S.Al.3ClH/c1-19-15-20(2)26(21(3)16-19)35-28-25-13-14-34(18-23-7-5-4-6-8-23)27(25)32-29(33-28)31-24-11-9-22(17-30)10-12-24;1-13-10-14(2)19(15(3)11-13)28-21-18-8-9-24-20(18)26-22(27-21)25-17-6-4-16(12-23)5-7-17;;;;/h4-16H,18H2,1-3H3,(H,31,32,33);4-11H,1-3H3,(H2,24,25,26,27);;3*1H/q;;+3;;;/p-3. The molecule has 5 aromatic carbocycles. The monoisotopic (exact) mass is 992 g/mol. The van der Waals surface area contributed by atoms with Crippen LogP contribution in [0.3, 0.4) is 0 Å². The Morgan fingerprint density at radius 2 is 1.06 bits per heavy atom. The number of nitriles is 2. The molecule has 4 heterocycles. The van der Waals surface area contributed by atoms with E-state index in [2.05, 4.69) is 140 Å². The molecule has 334 valence electrons. The number of rotatable bonds is 10. The van der Waals surface area contributed by atoms with Crippen LogP contribution in [-0.4, -0.2) is 40.9 Å². The molecule has 3 N–H and O–H groups in total. The van der Waals surface area contributed by atoms with Crippen molar-refractivity contribution in [2.24, 2.45) is 0 Å². The van der Waals surface area contributed by atoms with Crippen LogP contribution in [0.1, 0.15) is 50.1 Å². The maximum Gasteiger partial charge on any atom is 0.643 e. The minimum Gasteiger partial charge on any atom is -0.346 e. The molecule has 16 heteroatoms. The summed E-state index contributed by atoms with van der Waals surface area (Å²) in [7, 11) is 14.8. The molecule has 0 fully saturated rings. The molecular formula is C51H44AlCl3N10S2. The molecule has 0 aliphatic carbocycles. The van der Waals surface area contributed by atoms with Crippen molar-refractivity contribution in [1.82, 2.24) is 29.5 Å². The van der Waals surface area contributed by atoms with Gasteiger partial charge >= 0.3 is 11.4 Å². The Hall–Kier alpha value is -5.98. The van der Waals surface area contributed by atoms with Gasteiger partial charge in [0.15, 0.2) is 0 Å². The van der Waals surface area contributed by atoms with Gasteiger partial charge in [0.25, 0.3) is 0 Å². The van der Waals surface area contributed by atoms with E-state index < -0.39 is 11.4 Å². The van der Waals surface area contributed by atoms with Gasteiger partial charge in [-0.15, -0.1) is 0 Å². The predicted octanol–water partition coefficient (Wildman–Crippen LogP) is 14.5. The number of nitrogens with one attached hydrogen (secondary N) is 3. The highest BCUT2D eigenvalue weighted by Crippen LogP contribution is 2.39. The Balaban J connectivity index is 0.000000188. The van der Waals surface area contributed by atoms with E-state index >= 15 is 0 Å². The second-order valence-corrected chi connectivity index (χ2v) is 24.1. The van der Waals surface area contributed by atoms with Crippen LogP contribution in [0.25, 0.3) is 22.1 Å². The van der Waals surface area contributed by atoms with Crippen molar-refractivity contribution in [2.75, 3.05) is 10.6 Å². The average molecular weight is 994 g/mol. The summed E-state index contributed by atoms with van der Waals surface area (Å²) in [5.41, 5.74) is 13.3. The Morgan fingerprint density at radius 3 is 1.54 bits per heavy atom. The number of halogens is 3. The van der Waals surface area contributed by atoms with Gasteiger partial charge in [-0.2, -0.15) is 20.5 Å². The van der Waals surface area contributed by atoms with Gasteiger partial charge in [-0.3, -0.25) is 0 Å². The minimum atomic E-state index is -1.72. The first-order chi connectivity index (χ1) is 32.3. The van der Waals surface area contributed by atoms with Crippen LogP contribution in [0.2, 0.25) is 0 Å². The molecule has 0 bridgehead atoms. The van der Waals surface area contributed by atoms with E-state index in [1.807, 2.05) is 42.6 Å². The van der Waals surface area contributed by atoms with Gasteiger partial charge in [0, 0.05) is 40.1 Å². The molecule has 67 heavy (non-hydrogen) atoms. The van der Waals surface area contributed by atoms with Gasteiger partial charge in [0.1, 0.15) is 21.3 Å². The number of anilines is 4. The average Bonchev–Trinajstić information content (AvgIpc) is 3.94. The number of aromatic amines is 1. The summed E-state index contributed by atoms with van der Waals surface area (Å²) in [5.74, 6) is 1.05. The van der Waals surface area contributed by atoms with Crippen molar-refractivity contribution in [2.45, 2.75) is 67.9 Å². The Kier molecular flexibility index (Phi) is 16.6. The molecular weight excluding hydrogens is 950 g/mol. The van der Waals surface area contributed by atoms with Crippen molar-refractivity contribution >= 4 is 110 Å². The number of fused-ring (bicyclic) bond motifs is 2. The summed E-state index contributed by atoms with van der Waals surface area (Å²) in [5, 5.41) is 28.5. The lowest BCUT2D eigenvalue weighted by molar-refractivity contribution is 0.823. The molecule has 0 spiro atoms. The van der Waals surface area contributed by atoms with Crippen molar-refractivity contribution in [3.05, 3.63) is 178 Å². The van der Waals surface area contributed by atoms with Gasteiger partial charge in [0.05, 0.1) is 34.0 Å². The van der Waals surface area contributed by atoms with Gasteiger partial charge < -0.3 is 20.2 Å². The highest BCUT2D eigenvalue weighted by molar-refractivity contribution is 7.99. The van der Waals surface area contributed by atoms with Crippen LogP contribution in [0.5, 0.6) is 0 Å². The highest BCUT2D eigenvalue weighted by atomic mass is 35.8. The number of aromatic nitrogens is 6. The summed E-state index contributed by atoms with van der Waals surface area (Å²) in [6.45, 7) is 13.5. The van der Waals surface area contributed by atoms with Crippen molar-refractivity contribution < 1.29 is 0 Å². The van der Waals surface area contributed by atoms with Gasteiger partial charge in [-0.05, 0) is 130 Å². The fraction of sp³-hybridized carbons (Fsp3) is 0.137. The maximum atomic E-state index is 9.10. The van der Waals surface area contributed by atoms with Crippen molar-refractivity contribution in [3.63, 3.8) is 0 Å². The Morgan fingerprint density at radius 1 is 0.597 bits per heavy atom. The quantitative estimate of drug-likeness (QED) is 0.0895. The third kappa shape index (κ3) is 12.9. The molecule has 4 aromatic heterocycles. The number of aryl methyl sites for hydroxylation is 6. The summed E-state index contributed by atoms with van der Waals surface area (Å²) in [4.78, 5) is 24.8. The van der Waals surface area contributed by atoms with Crippen LogP contribution in [-0.2, 0) is 6.54 Å². The summed E-state index contributed by atoms with van der Waals surface area (Å²) < 4.78 is 2.16. The molecule has 0 saturated heterocycles. The van der Waals surface area contributed by atoms with Crippen molar-refractivity contribution in [1.29, 1.82) is 10.5 Å². The smallest absolute Gasteiger partial charge is 0.346 e. The summed E-state index contributed by atoms with van der Waals surface area (Å²) in [6, 6.07) is 42.1. The van der Waals surface area contributed by atoms with Crippen LogP contribution in [0.4, 0.5) is 23.3 Å². The highest BCUT2D eigenvalue weighted by Gasteiger charge is 2.17. The molecule has 0 atom stereocenters. The summed E-state index contributed by atoms with van der Waals surface area (Å²) in [6.07, 6.45) is 3.96. The first kappa shape index (κ1) is 48.9. The first-order valence-electron chi connectivity index (χ1n) is 21.0. The molecule has 0 aliphatic heterocycles. The molecule has 0 unspecified atom stereocenters. The Labute approximate surface area is 415 Å². The zero-order valence-corrected chi connectivity index (χ0v) is 42.5. The topological polar surface area (TPSA) is 144 Å². The molecule has 9 rings (SSSR count). The van der Waals surface area contributed by atoms with E-state index in [0.717, 1.165) is 50.0 Å². The second-order valence-electron chi connectivity index (χ2n) is 15.6. The molecule has 0 radical (unpaired) electrons. The number of benzene rings is 5. The van der Waals surface area contributed by atoms with E-state index in [1.54, 1.807) is 47.8 Å². The van der Waals surface area contributed by atoms with E-state index in [4.69, 9.17) is 55.6 Å². The molecule has 0 amide bonds. The third-order valence-electron chi connectivity index (χ3n) is 10.3. The van der Waals surface area contributed by atoms with Crippen molar-refractivity contribution in [3.8, 4) is 12.1 Å². The van der Waals surface area contributed by atoms with Crippen LogP contribution in [0, 0.1) is 64.2 Å². The largest absolute Gasteiger partial charge is 0.643 e. The molecule has 0 aliphatic rings. The number of hydrogen-bond acceptors (Lipinski definition) is 10. The Bertz CT molecular complexity index is 3210. The molecule has 10 nitrogen and oxygen atoms in total. The molecule has 9 aromatic rings. The van der Waals surface area contributed by atoms with E-state index in [1.165, 1.54) is 48.7 Å². The van der Waals surface area contributed by atoms with Crippen LogP contribution >= 0.6 is 53.7 Å². The van der Waals surface area contributed by atoms with E-state index in [9.17, 15) is 0 Å². The van der Waals surface area contributed by atoms with E-state index in [0.29, 0.717) is 23.0 Å². The molecule has 0 saturated carbocycles. The second kappa shape index (κ2) is 22.7. The first-order valence-corrected chi connectivity index (χ1v) is 27.9.